The SMILES string of the molecule is CCOC(=O)Cc1c(C)nc2c(-c3ccccc3)c(C(F)(F)F)[nH]n2c1=O. The van der Waals surface area contributed by atoms with E-state index < -0.39 is 23.4 Å². The van der Waals surface area contributed by atoms with Gasteiger partial charge < -0.3 is 4.74 Å². The molecule has 2 aromatic heterocycles. The summed E-state index contributed by atoms with van der Waals surface area (Å²) >= 11 is 0. The average Bonchev–Trinajstić information content (AvgIpc) is 2.99. The quantitative estimate of drug-likeness (QED) is 0.707. The molecule has 1 aromatic carbocycles. The number of hydrogen-bond donors (Lipinski definition) is 1. The fourth-order valence-electron chi connectivity index (χ4n) is 2.86. The Morgan fingerprint density at radius 3 is 2.52 bits per heavy atom. The molecule has 0 saturated heterocycles. The minimum Gasteiger partial charge on any atom is -0.466 e. The summed E-state index contributed by atoms with van der Waals surface area (Å²) in [5.74, 6) is -0.648. The minimum absolute atomic E-state index is 0.0134. The number of halogens is 3. The van der Waals surface area contributed by atoms with Crippen molar-refractivity contribution in [2.45, 2.75) is 26.4 Å². The third kappa shape index (κ3) is 3.44. The number of fused-ring (bicyclic) bond motifs is 1. The van der Waals surface area contributed by atoms with Crippen molar-refractivity contribution in [2.75, 3.05) is 6.61 Å². The molecule has 0 radical (unpaired) electrons. The first-order chi connectivity index (χ1) is 12.7. The van der Waals surface area contributed by atoms with Crippen LogP contribution < -0.4 is 5.56 Å². The number of aromatic nitrogens is 3. The van der Waals surface area contributed by atoms with Gasteiger partial charge in [-0.2, -0.15) is 13.2 Å². The molecule has 6 nitrogen and oxygen atoms in total. The number of hydrogen-bond acceptors (Lipinski definition) is 4. The number of nitrogens with one attached hydrogen (secondary N) is 1. The van der Waals surface area contributed by atoms with Crippen LogP contribution in [-0.2, 0) is 22.1 Å². The lowest BCUT2D eigenvalue weighted by Gasteiger charge is -2.07. The molecule has 0 unspecified atom stereocenters. The summed E-state index contributed by atoms with van der Waals surface area (Å²) in [7, 11) is 0. The van der Waals surface area contributed by atoms with Gasteiger partial charge in [0.15, 0.2) is 5.65 Å². The molecule has 0 aliphatic heterocycles. The average molecular weight is 379 g/mol. The lowest BCUT2D eigenvalue weighted by Crippen LogP contribution is -2.25. The normalized spacial score (nSPS) is 11.7. The second-order valence-electron chi connectivity index (χ2n) is 5.85. The zero-order valence-electron chi connectivity index (χ0n) is 14.6. The van der Waals surface area contributed by atoms with Gasteiger partial charge in [-0.25, -0.2) is 9.50 Å². The summed E-state index contributed by atoms with van der Waals surface area (Å²) < 4.78 is 46.2. The van der Waals surface area contributed by atoms with Gasteiger partial charge in [0.05, 0.1) is 24.2 Å². The van der Waals surface area contributed by atoms with Crippen LogP contribution in [-0.4, -0.2) is 27.2 Å². The van der Waals surface area contributed by atoms with E-state index in [2.05, 4.69) is 10.1 Å². The fourth-order valence-corrected chi connectivity index (χ4v) is 2.86. The Kier molecular flexibility index (Phi) is 4.77. The van der Waals surface area contributed by atoms with Crippen LogP contribution in [0.3, 0.4) is 0 Å². The van der Waals surface area contributed by atoms with Gasteiger partial charge in [0, 0.05) is 5.69 Å². The van der Waals surface area contributed by atoms with E-state index >= 15 is 0 Å². The molecule has 2 heterocycles. The number of esters is 1. The van der Waals surface area contributed by atoms with E-state index in [1.54, 1.807) is 25.1 Å². The molecule has 9 heteroatoms. The van der Waals surface area contributed by atoms with Gasteiger partial charge in [-0.15, -0.1) is 0 Å². The first kappa shape index (κ1) is 18.7. The third-order valence-corrected chi connectivity index (χ3v) is 4.05. The number of nitrogens with zero attached hydrogens (tertiary/aromatic N) is 2. The van der Waals surface area contributed by atoms with Crippen molar-refractivity contribution in [3.8, 4) is 11.1 Å². The van der Waals surface area contributed by atoms with Crippen LogP contribution in [0.5, 0.6) is 0 Å². The van der Waals surface area contributed by atoms with Gasteiger partial charge in [0.25, 0.3) is 5.56 Å². The van der Waals surface area contributed by atoms with E-state index in [1.807, 2.05) is 0 Å². The van der Waals surface area contributed by atoms with E-state index in [0.29, 0.717) is 0 Å². The summed E-state index contributed by atoms with van der Waals surface area (Å²) in [5.41, 5.74) is -1.77. The minimum atomic E-state index is -4.72. The van der Waals surface area contributed by atoms with E-state index in [-0.39, 0.29) is 41.1 Å². The maximum Gasteiger partial charge on any atom is 0.433 e. The van der Waals surface area contributed by atoms with Crippen molar-refractivity contribution < 1.29 is 22.7 Å². The summed E-state index contributed by atoms with van der Waals surface area (Å²) in [5, 5.41) is 2.11. The van der Waals surface area contributed by atoms with E-state index in [9.17, 15) is 22.8 Å². The molecule has 3 aromatic rings. The van der Waals surface area contributed by atoms with Crippen LogP contribution in [0, 0.1) is 6.92 Å². The van der Waals surface area contributed by atoms with Crippen molar-refractivity contribution >= 4 is 11.6 Å². The second-order valence-corrected chi connectivity index (χ2v) is 5.85. The first-order valence-corrected chi connectivity index (χ1v) is 8.16. The number of aryl methyl sites for hydroxylation is 1. The summed E-state index contributed by atoms with van der Waals surface area (Å²) in [6, 6.07) is 7.88. The number of alkyl halides is 3. The predicted octanol–water partition coefficient (Wildman–Crippen LogP) is 3.12. The maximum atomic E-state index is 13.6. The van der Waals surface area contributed by atoms with Crippen LogP contribution in [0.25, 0.3) is 16.8 Å². The standard InChI is InChI=1S/C18H16F3N3O3/c1-3-27-13(25)9-12-10(2)22-16-14(11-7-5-4-6-8-11)15(18(19,20)21)23-24(16)17(12)26/h4-8,23H,3,9H2,1-2H3. The highest BCUT2D eigenvalue weighted by Gasteiger charge is 2.38. The smallest absolute Gasteiger partial charge is 0.433 e. The molecule has 0 spiro atoms. The topological polar surface area (TPSA) is 76.5 Å². The van der Waals surface area contributed by atoms with Crippen molar-refractivity contribution in [3.63, 3.8) is 0 Å². The Hall–Kier alpha value is -3.10. The number of H-pyrrole nitrogens is 1. The van der Waals surface area contributed by atoms with Crippen LogP contribution in [0.1, 0.15) is 23.9 Å². The highest BCUT2D eigenvalue weighted by molar-refractivity contribution is 5.81. The molecule has 142 valence electrons. The van der Waals surface area contributed by atoms with E-state index in [0.717, 1.165) is 4.52 Å². The van der Waals surface area contributed by atoms with Crippen molar-refractivity contribution in [1.29, 1.82) is 0 Å². The molecule has 0 amide bonds. The van der Waals surface area contributed by atoms with E-state index in [4.69, 9.17) is 4.74 Å². The summed E-state index contributed by atoms with van der Waals surface area (Å²) in [4.78, 5) is 28.6. The van der Waals surface area contributed by atoms with Gasteiger partial charge in [-0.05, 0) is 19.4 Å². The first-order valence-electron chi connectivity index (χ1n) is 8.16. The third-order valence-electron chi connectivity index (χ3n) is 4.05. The zero-order chi connectivity index (χ0) is 19.8. The van der Waals surface area contributed by atoms with Crippen LogP contribution in [0.2, 0.25) is 0 Å². The fraction of sp³-hybridized carbons (Fsp3) is 0.278. The van der Waals surface area contributed by atoms with Crippen molar-refractivity contribution in [2.24, 2.45) is 0 Å². The monoisotopic (exact) mass is 379 g/mol. The zero-order valence-corrected chi connectivity index (χ0v) is 14.6. The van der Waals surface area contributed by atoms with Crippen LogP contribution in [0.4, 0.5) is 13.2 Å². The number of rotatable bonds is 4. The lowest BCUT2D eigenvalue weighted by atomic mass is 10.1. The largest absolute Gasteiger partial charge is 0.466 e. The summed E-state index contributed by atoms with van der Waals surface area (Å²) in [6.45, 7) is 3.23. The summed E-state index contributed by atoms with van der Waals surface area (Å²) in [6.07, 6.45) is -5.09. The molecule has 0 aliphatic carbocycles. The molecular weight excluding hydrogens is 363 g/mol. The van der Waals surface area contributed by atoms with Gasteiger partial charge in [-0.3, -0.25) is 14.7 Å². The van der Waals surface area contributed by atoms with Crippen molar-refractivity contribution in [3.05, 3.63) is 57.6 Å². The second kappa shape index (κ2) is 6.90. The molecule has 0 bridgehead atoms. The van der Waals surface area contributed by atoms with Gasteiger partial charge >= 0.3 is 12.1 Å². The molecule has 0 atom stereocenters. The highest BCUT2D eigenvalue weighted by atomic mass is 19.4. The van der Waals surface area contributed by atoms with Crippen LogP contribution >= 0.6 is 0 Å². The lowest BCUT2D eigenvalue weighted by molar-refractivity contribution is -0.142. The number of carbonyl (C=O) groups excluding carboxylic acids is 1. The molecule has 3 rings (SSSR count). The maximum absolute atomic E-state index is 13.6. The Morgan fingerprint density at radius 1 is 1.26 bits per heavy atom. The predicted molar refractivity (Wildman–Crippen MR) is 91.3 cm³/mol. The van der Waals surface area contributed by atoms with Gasteiger partial charge in [0.1, 0.15) is 5.69 Å². The molecular formula is C18H16F3N3O3. The molecule has 27 heavy (non-hydrogen) atoms. The Labute approximate surface area is 151 Å². The number of aromatic amines is 1. The molecule has 0 saturated carbocycles. The van der Waals surface area contributed by atoms with Gasteiger partial charge in [-0.1, -0.05) is 30.3 Å². The molecule has 1 N–H and O–H groups in total. The van der Waals surface area contributed by atoms with Crippen LogP contribution in [0.15, 0.2) is 35.1 Å². The van der Waals surface area contributed by atoms with Gasteiger partial charge in [0.2, 0.25) is 0 Å². The number of carbonyl (C=O) groups is 1. The highest BCUT2D eigenvalue weighted by Crippen LogP contribution is 2.38. The number of ether oxygens (including phenoxy) is 1. The molecule has 0 fully saturated rings. The Bertz CT molecular complexity index is 1050. The number of benzene rings is 1. The molecule has 0 aliphatic rings. The Morgan fingerprint density at radius 2 is 1.93 bits per heavy atom. The van der Waals surface area contributed by atoms with Crippen molar-refractivity contribution in [1.82, 2.24) is 14.6 Å². The Balaban J connectivity index is 2.29. The van der Waals surface area contributed by atoms with E-state index in [1.165, 1.54) is 19.1 Å².